The van der Waals surface area contributed by atoms with Gasteiger partial charge >= 0.3 is 26.2 Å². The minimum Gasteiger partial charge on any atom is -2.00 e. The van der Waals surface area contributed by atoms with Crippen molar-refractivity contribution in [3.63, 3.8) is 0 Å². The Bertz CT molecular complexity index is 10.8. The van der Waals surface area contributed by atoms with E-state index >= 15 is 0 Å². The van der Waals surface area contributed by atoms with Crippen LogP contribution >= 0.6 is 9.12 Å². The monoisotopic (exact) mass is 188 g/mol. The normalized spacial score (nSPS) is 0.667. The van der Waals surface area contributed by atoms with Crippen LogP contribution < -0.4 is 0 Å². The molecule has 0 spiro atoms. The van der Waals surface area contributed by atoms with E-state index in [9.17, 15) is 0 Å². The van der Waals surface area contributed by atoms with E-state index in [2.05, 4.69) is 0 Å². The van der Waals surface area contributed by atoms with Crippen LogP contribution in [0, 0.1) is 0 Å². The molecular formula is H2FeO3PV-. The second-order valence-corrected chi connectivity index (χ2v) is 0. The van der Waals surface area contributed by atoms with Crippen LogP contribution in [0.3, 0.4) is 0 Å². The van der Waals surface area contributed by atoms with Gasteiger partial charge in [0.25, 0.3) is 0 Å². The molecule has 3 nitrogen and oxygen atoms in total. The van der Waals surface area contributed by atoms with Gasteiger partial charge in [-0.15, -0.1) is 0 Å². The smallest absolute Gasteiger partial charge is 2.00 e. The van der Waals surface area contributed by atoms with Gasteiger partial charge in [0.15, 0.2) is 0 Å². The predicted molar refractivity (Wildman–Crippen MR) is 11.8 cm³/mol. The molecule has 1 unspecified atom stereocenters. The Morgan fingerprint density at radius 3 is 1.00 bits per heavy atom. The Kier molecular flexibility index (Phi) is 1260. The largest absolute Gasteiger partial charge is 2.00 e. The fourth-order valence-electron chi connectivity index (χ4n) is 0. The Labute approximate surface area is 60.5 Å². The zero-order chi connectivity index (χ0) is 2.00. The SMILES string of the molecule is O=[PH2+].[Fe+2].[O-2].[O-2].[V]. The van der Waals surface area contributed by atoms with Crippen LogP contribution in [0.5, 0.6) is 0 Å². The molecule has 0 aliphatic heterocycles. The van der Waals surface area contributed by atoms with Crippen molar-refractivity contribution in [2.45, 2.75) is 0 Å². The first-order valence-electron chi connectivity index (χ1n) is 0.236. The molecule has 0 aromatic rings. The van der Waals surface area contributed by atoms with E-state index in [0.29, 0.717) is 0 Å². The third-order valence-corrected chi connectivity index (χ3v) is 0. The van der Waals surface area contributed by atoms with E-state index in [4.69, 9.17) is 4.57 Å². The second kappa shape index (κ2) is 127. The van der Waals surface area contributed by atoms with Gasteiger partial charge in [-0.2, -0.15) is 0 Å². The van der Waals surface area contributed by atoms with E-state index < -0.39 is 0 Å². The van der Waals surface area contributed by atoms with Crippen molar-refractivity contribution in [2.75, 3.05) is 0 Å². The minimum atomic E-state index is 0. The molecule has 6 heavy (non-hydrogen) atoms. The molecule has 1 atom stereocenters. The van der Waals surface area contributed by atoms with Gasteiger partial charge in [-0.25, -0.2) is 0 Å². The Balaban J connectivity index is -0.000000000833. The maximum Gasteiger partial charge on any atom is 2.00 e. The van der Waals surface area contributed by atoms with Gasteiger partial charge < -0.3 is 11.0 Å². The standard InChI is InChI=1S/Fe.H2OP.2O.V/c;1-2;;;/h;2H2;;;/q+2;+1;2*-2;. The summed E-state index contributed by atoms with van der Waals surface area (Å²) >= 11 is 0. The van der Waals surface area contributed by atoms with Crippen molar-refractivity contribution in [2.24, 2.45) is 0 Å². The van der Waals surface area contributed by atoms with E-state index in [-0.39, 0.29) is 46.6 Å². The molecule has 0 saturated heterocycles. The molecule has 39 valence electrons. The Morgan fingerprint density at radius 1 is 1.00 bits per heavy atom. The number of hydrogen-bond donors (Lipinski definition) is 0. The minimum absolute atomic E-state index is 0. The van der Waals surface area contributed by atoms with Crippen molar-refractivity contribution in [3.8, 4) is 0 Å². The Morgan fingerprint density at radius 2 is 1.00 bits per heavy atom. The summed E-state index contributed by atoms with van der Waals surface area (Å²) in [4.78, 5) is 0. The van der Waals surface area contributed by atoms with Gasteiger partial charge in [-0.3, -0.25) is 0 Å². The molecule has 0 heterocycles. The number of hydrogen-bond acceptors (Lipinski definition) is 1. The summed E-state index contributed by atoms with van der Waals surface area (Å²) in [6.07, 6.45) is 0. The number of rotatable bonds is 0. The van der Waals surface area contributed by atoms with Crippen LogP contribution in [0.2, 0.25) is 0 Å². The summed E-state index contributed by atoms with van der Waals surface area (Å²) < 4.78 is 8.17. The second-order valence-electron chi connectivity index (χ2n) is 0. The fraction of sp³-hybridized carbons (Fsp3) is 0. The van der Waals surface area contributed by atoms with Crippen LogP contribution in [0.4, 0.5) is 0 Å². The van der Waals surface area contributed by atoms with Crippen LogP contribution in [-0.2, 0) is 51.1 Å². The van der Waals surface area contributed by atoms with Gasteiger partial charge in [0.2, 0.25) is 0 Å². The molecule has 0 aromatic heterocycles. The summed E-state index contributed by atoms with van der Waals surface area (Å²) in [5.74, 6) is 0. The van der Waals surface area contributed by atoms with Crippen LogP contribution in [0.1, 0.15) is 0 Å². The molecule has 0 N–H and O–H groups in total. The van der Waals surface area contributed by atoms with Crippen LogP contribution in [-0.4, -0.2) is 0 Å². The quantitative estimate of drug-likeness (QED) is 0.388. The molecule has 0 fully saturated rings. The molecule has 6 heteroatoms. The topological polar surface area (TPSA) is 74.1 Å². The summed E-state index contributed by atoms with van der Waals surface area (Å²) in [7, 11) is 1.17. The molecule has 0 aromatic carbocycles. The summed E-state index contributed by atoms with van der Waals surface area (Å²) in [5, 5.41) is 0. The van der Waals surface area contributed by atoms with E-state index in [1.165, 1.54) is 9.12 Å². The maximum absolute atomic E-state index is 8.17. The molecule has 0 aliphatic carbocycles. The first-order valence-corrected chi connectivity index (χ1v) is 0.707. The average Bonchev–Trinajstić information content (AvgIpc) is 1.00. The van der Waals surface area contributed by atoms with Crippen molar-refractivity contribution in [1.82, 2.24) is 0 Å². The van der Waals surface area contributed by atoms with Gasteiger partial charge in [0.1, 0.15) is 0 Å². The molecule has 0 rings (SSSR count). The van der Waals surface area contributed by atoms with Crippen molar-refractivity contribution in [3.05, 3.63) is 0 Å². The molecule has 0 aliphatic rings. The van der Waals surface area contributed by atoms with Gasteiger partial charge in [-0.1, -0.05) is 4.57 Å². The van der Waals surface area contributed by atoms with E-state index in [0.717, 1.165) is 0 Å². The molecule has 1 radical (unpaired) electrons. The first kappa shape index (κ1) is 59.2. The molecule has 0 amide bonds. The average molecular weight is 188 g/mol. The molecule has 0 bridgehead atoms. The summed E-state index contributed by atoms with van der Waals surface area (Å²) in [6.45, 7) is 0. The Hall–Kier alpha value is 1.12. The molecular weight excluding hydrogens is 186 g/mol. The maximum atomic E-state index is 8.17. The third-order valence-electron chi connectivity index (χ3n) is 0. The van der Waals surface area contributed by atoms with Crippen LogP contribution in [0.25, 0.3) is 0 Å². The van der Waals surface area contributed by atoms with Crippen molar-refractivity contribution in [1.29, 1.82) is 0 Å². The molecule has 0 saturated carbocycles. The van der Waals surface area contributed by atoms with Crippen molar-refractivity contribution < 1.29 is 51.1 Å². The van der Waals surface area contributed by atoms with Gasteiger partial charge in [0, 0.05) is 18.6 Å². The van der Waals surface area contributed by atoms with Gasteiger partial charge in [0.05, 0.1) is 0 Å². The zero-order valence-corrected chi connectivity index (χ0v) is 6.26. The third kappa shape index (κ3) is 69.0. The summed E-state index contributed by atoms with van der Waals surface area (Å²) in [6, 6.07) is 0. The van der Waals surface area contributed by atoms with E-state index in [1.54, 1.807) is 0 Å². The summed E-state index contributed by atoms with van der Waals surface area (Å²) in [5.41, 5.74) is 0. The van der Waals surface area contributed by atoms with E-state index in [1.807, 2.05) is 0 Å². The van der Waals surface area contributed by atoms with Gasteiger partial charge in [-0.05, 0) is 0 Å². The predicted octanol–water partition coefficient (Wildman–Crippen LogP) is -0.0356. The van der Waals surface area contributed by atoms with Crippen molar-refractivity contribution >= 4 is 9.12 Å². The first-order chi connectivity index (χ1) is 1.00. The fourth-order valence-corrected chi connectivity index (χ4v) is 0. The van der Waals surface area contributed by atoms with Crippen LogP contribution in [0.15, 0.2) is 0 Å². The zero-order valence-electron chi connectivity index (χ0n) is 2.60.